The van der Waals surface area contributed by atoms with E-state index in [-0.39, 0.29) is 24.6 Å². The van der Waals surface area contributed by atoms with Crippen LogP contribution in [0.3, 0.4) is 0 Å². The molecule has 0 aliphatic carbocycles. The number of esters is 1. The van der Waals surface area contributed by atoms with Crippen molar-refractivity contribution in [3.8, 4) is 0 Å². The number of hydrogen-bond donors (Lipinski definition) is 0. The summed E-state index contributed by atoms with van der Waals surface area (Å²) in [6, 6.07) is 1.89. The molecule has 0 aliphatic heterocycles. The summed E-state index contributed by atoms with van der Waals surface area (Å²) >= 11 is 1.53. The quantitative estimate of drug-likeness (QED) is 0.714. The minimum absolute atomic E-state index is 0.0390. The third-order valence-corrected chi connectivity index (χ3v) is 5.09. The van der Waals surface area contributed by atoms with E-state index >= 15 is 0 Å². The van der Waals surface area contributed by atoms with Crippen molar-refractivity contribution in [3.63, 3.8) is 0 Å². The van der Waals surface area contributed by atoms with Crippen molar-refractivity contribution in [2.45, 2.75) is 19.4 Å². The first-order chi connectivity index (χ1) is 8.45. The van der Waals surface area contributed by atoms with Gasteiger partial charge in [0.05, 0.1) is 12.9 Å². The molecule has 1 heterocycles. The summed E-state index contributed by atoms with van der Waals surface area (Å²) < 4.78 is 29.6. The Balaban J connectivity index is 2.45. The summed E-state index contributed by atoms with van der Waals surface area (Å²) in [6.45, 7) is 0.365. The normalized spacial score (nSPS) is 11.7. The number of carbonyl (C=O) groups excluding carboxylic acids is 1. The molecule has 7 heteroatoms. The molecular formula is C11H17NO4S2. The van der Waals surface area contributed by atoms with Crippen LogP contribution in [0, 0.1) is 0 Å². The zero-order chi connectivity index (χ0) is 13.6. The molecule has 5 nitrogen and oxygen atoms in total. The van der Waals surface area contributed by atoms with Gasteiger partial charge in [0.2, 0.25) is 10.0 Å². The number of ether oxygens (including phenoxy) is 1. The fourth-order valence-electron chi connectivity index (χ4n) is 1.39. The van der Waals surface area contributed by atoms with Crippen LogP contribution < -0.4 is 0 Å². The molecule has 0 unspecified atom stereocenters. The van der Waals surface area contributed by atoms with Gasteiger partial charge in [0.25, 0.3) is 0 Å². The number of nitrogens with zero attached hydrogens (tertiary/aromatic N) is 1. The van der Waals surface area contributed by atoms with Crippen LogP contribution in [0.2, 0.25) is 0 Å². The van der Waals surface area contributed by atoms with Gasteiger partial charge >= 0.3 is 5.97 Å². The highest BCUT2D eigenvalue weighted by molar-refractivity contribution is 7.89. The summed E-state index contributed by atoms with van der Waals surface area (Å²) in [5.74, 6) is -0.423. The Labute approximate surface area is 111 Å². The zero-order valence-corrected chi connectivity index (χ0v) is 12.1. The molecule has 1 aromatic rings. The number of methoxy groups -OCH3 is 1. The summed E-state index contributed by atoms with van der Waals surface area (Å²) in [4.78, 5) is 10.9. The second-order valence-electron chi connectivity index (χ2n) is 3.88. The van der Waals surface area contributed by atoms with Gasteiger partial charge in [-0.15, -0.1) is 0 Å². The van der Waals surface area contributed by atoms with Crippen molar-refractivity contribution in [2.75, 3.05) is 19.9 Å². The Morgan fingerprint density at radius 2 is 2.22 bits per heavy atom. The second kappa shape index (κ2) is 6.86. The van der Waals surface area contributed by atoms with Crippen LogP contribution >= 0.6 is 11.3 Å². The second-order valence-corrected chi connectivity index (χ2v) is 6.86. The van der Waals surface area contributed by atoms with Crippen molar-refractivity contribution in [2.24, 2.45) is 0 Å². The predicted molar refractivity (Wildman–Crippen MR) is 70.8 cm³/mol. The number of rotatable bonds is 7. The van der Waals surface area contributed by atoms with Gasteiger partial charge in [0, 0.05) is 20.0 Å². The smallest absolute Gasteiger partial charge is 0.305 e. The van der Waals surface area contributed by atoms with E-state index in [0.29, 0.717) is 6.54 Å². The summed E-state index contributed by atoms with van der Waals surface area (Å²) in [7, 11) is -0.472. The van der Waals surface area contributed by atoms with E-state index in [1.807, 2.05) is 16.8 Å². The average Bonchev–Trinajstić information content (AvgIpc) is 2.81. The molecule has 0 N–H and O–H groups in total. The standard InChI is InChI=1S/C11H17NO4S2/c1-12(8-10-5-6-17-9-10)18(14,15)7-3-4-11(13)16-2/h5-6,9H,3-4,7-8H2,1-2H3. The molecular weight excluding hydrogens is 274 g/mol. The zero-order valence-electron chi connectivity index (χ0n) is 10.5. The topological polar surface area (TPSA) is 63.7 Å². The minimum atomic E-state index is -3.31. The van der Waals surface area contributed by atoms with Gasteiger partial charge in [-0.1, -0.05) is 0 Å². The molecule has 0 bridgehead atoms. The maximum Gasteiger partial charge on any atom is 0.305 e. The molecule has 0 saturated carbocycles. The van der Waals surface area contributed by atoms with Crippen LogP contribution in [-0.4, -0.2) is 38.6 Å². The van der Waals surface area contributed by atoms with Crippen LogP contribution in [0.5, 0.6) is 0 Å². The lowest BCUT2D eigenvalue weighted by atomic mass is 10.3. The molecule has 0 spiro atoms. The Kier molecular flexibility index (Phi) is 5.77. The lowest BCUT2D eigenvalue weighted by Crippen LogP contribution is -2.28. The number of carbonyl (C=O) groups is 1. The van der Waals surface area contributed by atoms with Gasteiger partial charge in [-0.3, -0.25) is 4.79 Å². The van der Waals surface area contributed by atoms with Gasteiger partial charge < -0.3 is 4.74 Å². The number of hydrogen-bond acceptors (Lipinski definition) is 5. The maximum absolute atomic E-state index is 11.9. The van der Waals surface area contributed by atoms with Crippen LogP contribution in [0.1, 0.15) is 18.4 Å². The van der Waals surface area contributed by atoms with Gasteiger partial charge in [-0.2, -0.15) is 11.3 Å². The van der Waals surface area contributed by atoms with E-state index in [2.05, 4.69) is 4.74 Å². The van der Waals surface area contributed by atoms with Gasteiger partial charge in [0.1, 0.15) is 0 Å². The molecule has 0 aromatic carbocycles. The number of thiophene rings is 1. The highest BCUT2D eigenvalue weighted by atomic mass is 32.2. The first-order valence-electron chi connectivity index (χ1n) is 5.47. The van der Waals surface area contributed by atoms with E-state index in [1.165, 1.54) is 22.8 Å². The van der Waals surface area contributed by atoms with E-state index < -0.39 is 10.0 Å². The van der Waals surface area contributed by atoms with E-state index in [9.17, 15) is 13.2 Å². The SMILES string of the molecule is COC(=O)CCCS(=O)(=O)N(C)Cc1ccsc1. The summed E-state index contributed by atoms with van der Waals surface area (Å²) in [5, 5.41) is 3.83. The molecule has 18 heavy (non-hydrogen) atoms. The Morgan fingerprint density at radius 3 is 2.78 bits per heavy atom. The largest absolute Gasteiger partial charge is 0.469 e. The van der Waals surface area contributed by atoms with Crippen LogP contribution in [-0.2, 0) is 26.1 Å². The summed E-state index contributed by atoms with van der Waals surface area (Å²) in [6.07, 6.45) is 0.408. The van der Waals surface area contributed by atoms with Crippen LogP contribution in [0.15, 0.2) is 16.8 Å². The summed E-state index contributed by atoms with van der Waals surface area (Å²) in [5.41, 5.74) is 0.971. The minimum Gasteiger partial charge on any atom is -0.469 e. The fourth-order valence-corrected chi connectivity index (χ4v) is 3.22. The highest BCUT2D eigenvalue weighted by Gasteiger charge is 2.18. The Bertz CT molecular complexity index is 467. The maximum atomic E-state index is 11.9. The first-order valence-corrected chi connectivity index (χ1v) is 8.03. The fraction of sp³-hybridized carbons (Fsp3) is 0.545. The molecule has 0 radical (unpaired) electrons. The molecule has 1 aromatic heterocycles. The van der Waals surface area contributed by atoms with Gasteiger partial charge in [0.15, 0.2) is 0 Å². The molecule has 0 aliphatic rings. The van der Waals surface area contributed by atoms with Crippen molar-refractivity contribution < 1.29 is 17.9 Å². The molecule has 1 rings (SSSR count). The Hall–Kier alpha value is -0.920. The highest BCUT2D eigenvalue weighted by Crippen LogP contribution is 2.12. The van der Waals surface area contributed by atoms with Crippen LogP contribution in [0.4, 0.5) is 0 Å². The Morgan fingerprint density at radius 1 is 1.50 bits per heavy atom. The lowest BCUT2D eigenvalue weighted by Gasteiger charge is -2.16. The van der Waals surface area contributed by atoms with Gasteiger partial charge in [-0.05, 0) is 28.8 Å². The van der Waals surface area contributed by atoms with E-state index in [0.717, 1.165) is 5.56 Å². The van der Waals surface area contributed by atoms with E-state index in [4.69, 9.17) is 0 Å². The molecule has 0 fully saturated rings. The van der Waals surface area contributed by atoms with Crippen molar-refractivity contribution >= 4 is 27.3 Å². The van der Waals surface area contributed by atoms with Gasteiger partial charge in [-0.25, -0.2) is 12.7 Å². The third-order valence-electron chi connectivity index (χ3n) is 2.47. The molecule has 0 atom stereocenters. The van der Waals surface area contributed by atoms with Crippen molar-refractivity contribution in [1.82, 2.24) is 4.31 Å². The number of sulfonamides is 1. The molecule has 0 amide bonds. The van der Waals surface area contributed by atoms with Crippen molar-refractivity contribution in [3.05, 3.63) is 22.4 Å². The van der Waals surface area contributed by atoms with E-state index in [1.54, 1.807) is 7.05 Å². The first kappa shape index (κ1) is 15.1. The average molecular weight is 291 g/mol. The lowest BCUT2D eigenvalue weighted by molar-refractivity contribution is -0.140. The monoisotopic (exact) mass is 291 g/mol. The predicted octanol–water partition coefficient (Wildman–Crippen LogP) is 1.46. The van der Waals surface area contributed by atoms with Crippen LogP contribution in [0.25, 0.3) is 0 Å². The third kappa shape index (κ3) is 4.75. The van der Waals surface area contributed by atoms with Crippen molar-refractivity contribution in [1.29, 1.82) is 0 Å². The molecule has 0 saturated heterocycles. The molecule has 102 valence electrons.